The fraction of sp³-hybridized carbons (Fsp3) is 0.211. The predicted molar refractivity (Wildman–Crippen MR) is 94.3 cm³/mol. The van der Waals surface area contributed by atoms with Crippen molar-refractivity contribution in [2.75, 3.05) is 14.1 Å². The lowest BCUT2D eigenvalue weighted by molar-refractivity contribution is 0.398. The van der Waals surface area contributed by atoms with E-state index < -0.39 is 0 Å². The fourth-order valence-electron chi connectivity index (χ4n) is 2.73. The van der Waals surface area contributed by atoms with Crippen molar-refractivity contribution in [2.45, 2.75) is 13.5 Å². The number of nitrogens with zero attached hydrogens (tertiary/aromatic N) is 2. The van der Waals surface area contributed by atoms with E-state index in [1.807, 2.05) is 26.2 Å². The standard InChI is InChI=1S/C19H19ClN2/c1-13-8-10-14(11-9-13)18-15-6-4-5-7-16(15)19(20)21-17(18)12-22(2)3/h4-11H,12H2,1-3H3. The van der Waals surface area contributed by atoms with Crippen molar-refractivity contribution in [3.8, 4) is 11.1 Å². The molecule has 22 heavy (non-hydrogen) atoms. The highest BCUT2D eigenvalue weighted by atomic mass is 35.5. The average Bonchev–Trinajstić information content (AvgIpc) is 2.48. The summed E-state index contributed by atoms with van der Waals surface area (Å²) in [6.45, 7) is 2.86. The molecule has 3 heteroatoms. The van der Waals surface area contributed by atoms with Gasteiger partial charge in [-0.05, 0) is 32.0 Å². The van der Waals surface area contributed by atoms with Gasteiger partial charge in [-0.3, -0.25) is 0 Å². The van der Waals surface area contributed by atoms with Crippen LogP contribution in [0.2, 0.25) is 5.15 Å². The monoisotopic (exact) mass is 310 g/mol. The second-order valence-electron chi connectivity index (χ2n) is 5.87. The Kier molecular flexibility index (Phi) is 4.14. The van der Waals surface area contributed by atoms with E-state index in [0.717, 1.165) is 23.0 Å². The number of rotatable bonds is 3. The molecule has 0 fully saturated rings. The summed E-state index contributed by atoms with van der Waals surface area (Å²) in [5, 5.41) is 2.73. The fourth-order valence-corrected chi connectivity index (χ4v) is 2.99. The minimum Gasteiger partial charge on any atom is -0.304 e. The Hall–Kier alpha value is -1.90. The van der Waals surface area contributed by atoms with Crippen LogP contribution in [0, 0.1) is 6.92 Å². The molecular weight excluding hydrogens is 292 g/mol. The number of aromatic nitrogens is 1. The van der Waals surface area contributed by atoms with Crippen LogP contribution in [0.3, 0.4) is 0 Å². The summed E-state index contributed by atoms with van der Waals surface area (Å²) in [6.07, 6.45) is 0. The van der Waals surface area contributed by atoms with Crippen LogP contribution in [0.25, 0.3) is 21.9 Å². The molecule has 112 valence electrons. The van der Waals surface area contributed by atoms with Gasteiger partial charge < -0.3 is 4.90 Å². The highest BCUT2D eigenvalue weighted by Gasteiger charge is 2.15. The molecule has 0 atom stereocenters. The van der Waals surface area contributed by atoms with Crippen LogP contribution in [0.4, 0.5) is 0 Å². The van der Waals surface area contributed by atoms with E-state index in [9.17, 15) is 0 Å². The molecule has 0 aliphatic carbocycles. The summed E-state index contributed by atoms with van der Waals surface area (Å²) in [6, 6.07) is 16.8. The lowest BCUT2D eigenvalue weighted by Crippen LogP contribution is -2.13. The Morgan fingerprint density at radius 3 is 2.23 bits per heavy atom. The van der Waals surface area contributed by atoms with Gasteiger partial charge in [0.05, 0.1) is 5.69 Å². The van der Waals surface area contributed by atoms with E-state index in [2.05, 4.69) is 53.2 Å². The van der Waals surface area contributed by atoms with Crippen molar-refractivity contribution in [2.24, 2.45) is 0 Å². The molecule has 0 saturated heterocycles. The van der Waals surface area contributed by atoms with Crippen LogP contribution in [0.5, 0.6) is 0 Å². The van der Waals surface area contributed by atoms with Crippen molar-refractivity contribution in [1.29, 1.82) is 0 Å². The molecule has 2 nitrogen and oxygen atoms in total. The number of hydrogen-bond acceptors (Lipinski definition) is 2. The summed E-state index contributed by atoms with van der Waals surface area (Å²) in [5.41, 5.74) is 4.62. The Morgan fingerprint density at radius 2 is 1.59 bits per heavy atom. The molecule has 0 aliphatic rings. The number of pyridine rings is 1. The summed E-state index contributed by atoms with van der Waals surface area (Å²) in [5.74, 6) is 0. The summed E-state index contributed by atoms with van der Waals surface area (Å²) < 4.78 is 0. The molecular formula is C19H19ClN2. The first-order valence-corrected chi connectivity index (χ1v) is 7.73. The first-order valence-electron chi connectivity index (χ1n) is 7.35. The number of hydrogen-bond donors (Lipinski definition) is 0. The zero-order chi connectivity index (χ0) is 15.7. The van der Waals surface area contributed by atoms with Gasteiger partial charge in [-0.15, -0.1) is 0 Å². The zero-order valence-corrected chi connectivity index (χ0v) is 13.9. The van der Waals surface area contributed by atoms with Gasteiger partial charge in [-0.25, -0.2) is 4.98 Å². The molecule has 0 spiro atoms. The molecule has 0 unspecified atom stereocenters. The average molecular weight is 311 g/mol. The minimum atomic E-state index is 0.573. The SMILES string of the molecule is Cc1ccc(-c2c(CN(C)C)nc(Cl)c3ccccc23)cc1. The van der Waals surface area contributed by atoms with Gasteiger partial charge in [0.15, 0.2) is 0 Å². The zero-order valence-electron chi connectivity index (χ0n) is 13.1. The van der Waals surface area contributed by atoms with Gasteiger partial charge in [-0.2, -0.15) is 0 Å². The lowest BCUT2D eigenvalue weighted by Gasteiger charge is -2.17. The topological polar surface area (TPSA) is 16.1 Å². The van der Waals surface area contributed by atoms with Gasteiger partial charge in [0.2, 0.25) is 0 Å². The number of halogens is 1. The quantitative estimate of drug-likeness (QED) is 0.638. The van der Waals surface area contributed by atoms with Gasteiger partial charge in [0.25, 0.3) is 0 Å². The van der Waals surface area contributed by atoms with E-state index >= 15 is 0 Å². The van der Waals surface area contributed by atoms with E-state index in [-0.39, 0.29) is 0 Å². The van der Waals surface area contributed by atoms with Crippen molar-refractivity contribution >= 4 is 22.4 Å². The number of fused-ring (bicyclic) bond motifs is 1. The molecule has 0 aliphatic heterocycles. The maximum atomic E-state index is 6.40. The van der Waals surface area contributed by atoms with Crippen molar-refractivity contribution in [3.63, 3.8) is 0 Å². The molecule has 1 heterocycles. The normalized spacial score (nSPS) is 11.3. The third-order valence-electron chi connectivity index (χ3n) is 3.75. The van der Waals surface area contributed by atoms with Crippen LogP contribution in [-0.2, 0) is 6.54 Å². The minimum absolute atomic E-state index is 0.573. The number of aryl methyl sites for hydroxylation is 1. The van der Waals surface area contributed by atoms with Gasteiger partial charge in [-0.1, -0.05) is 65.7 Å². The molecule has 3 rings (SSSR count). The third-order valence-corrected chi connectivity index (χ3v) is 4.03. The highest BCUT2D eigenvalue weighted by molar-refractivity contribution is 6.34. The number of benzene rings is 2. The van der Waals surface area contributed by atoms with Crippen LogP contribution < -0.4 is 0 Å². The Morgan fingerprint density at radius 1 is 0.955 bits per heavy atom. The molecule has 1 aromatic heterocycles. The van der Waals surface area contributed by atoms with Crippen molar-refractivity contribution in [1.82, 2.24) is 9.88 Å². The lowest BCUT2D eigenvalue weighted by atomic mass is 9.96. The van der Waals surface area contributed by atoms with Crippen LogP contribution in [0.1, 0.15) is 11.3 Å². The molecule has 0 radical (unpaired) electrons. The maximum absolute atomic E-state index is 6.40. The van der Waals surface area contributed by atoms with Gasteiger partial charge >= 0.3 is 0 Å². The Labute approximate surface area is 136 Å². The maximum Gasteiger partial charge on any atom is 0.137 e. The molecule has 0 N–H and O–H groups in total. The van der Waals surface area contributed by atoms with Crippen LogP contribution in [-0.4, -0.2) is 24.0 Å². The largest absolute Gasteiger partial charge is 0.304 e. The smallest absolute Gasteiger partial charge is 0.137 e. The van der Waals surface area contributed by atoms with E-state index in [1.54, 1.807) is 0 Å². The first-order chi connectivity index (χ1) is 10.6. The second-order valence-corrected chi connectivity index (χ2v) is 6.23. The van der Waals surface area contributed by atoms with Gasteiger partial charge in [0, 0.05) is 17.5 Å². The molecule has 0 amide bonds. The summed E-state index contributed by atoms with van der Waals surface area (Å²) in [7, 11) is 4.09. The molecule has 0 saturated carbocycles. The molecule has 3 aromatic rings. The summed E-state index contributed by atoms with van der Waals surface area (Å²) >= 11 is 6.40. The van der Waals surface area contributed by atoms with Crippen LogP contribution >= 0.6 is 11.6 Å². The van der Waals surface area contributed by atoms with E-state index in [4.69, 9.17) is 11.6 Å². The Balaban J connectivity index is 2.33. The highest BCUT2D eigenvalue weighted by Crippen LogP contribution is 2.35. The van der Waals surface area contributed by atoms with Crippen molar-refractivity contribution < 1.29 is 0 Å². The van der Waals surface area contributed by atoms with E-state index in [0.29, 0.717) is 5.15 Å². The molecule has 0 bridgehead atoms. The van der Waals surface area contributed by atoms with Gasteiger partial charge in [0.1, 0.15) is 5.15 Å². The molecule has 2 aromatic carbocycles. The Bertz CT molecular complexity index is 808. The van der Waals surface area contributed by atoms with Crippen molar-refractivity contribution in [3.05, 3.63) is 64.9 Å². The first kappa shape index (κ1) is 15.0. The second kappa shape index (κ2) is 6.07. The third kappa shape index (κ3) is 2.85. The predicted octanol–water partition coefficient (Wildman–Crippen LogP) is 4.93. The van der Waals surface area contributed by atoms with E-state index in [1.165, 1.54) is 16.7 Å². The van der Waals surface area contributed by atoms with Crippen LogP contribution in [0.15, 0.2) is 48.5 Å². The summed E-state index contributed by atoms with van der Waals surface area (Å²) in [4.78, 5) is 6.78.